The second kappa shape index (κ2) is 9.91. The van der Waals surface area contributed by atoms with Crippen LogP contribution in [0.5, 0.6) is 0 Å². The smallest absolute Gasteiger partial charge is 0.243 e. The number of guanidine groups is 1. The Balaban J connectivity index is 1.95. The first-order valence-electron chi connectivity index (χ1n) is 9.15. The molecule has 0 unspecified atom stereocenters. The molecule has 6 nitrogen and oxygen atoms in total. The SMILES string of the molecule is CCCCNC(=NCC(=O)N(C)C)N1CCN(c2ccccc2)CC1. The molecule has 1 aromatic carbocycles. The molecule has 0 aromatic heterocycles. The number of rotatable bonds is 6. The summed E-state index contributed by atoms with van der Waals surface area (Å²) < 4.78 is 0. The summed E-state index contributed by atoms with van der Waals surface area (Å²) in [5, 5.41) is 3.43. The van der Waals surface area contributed by atoms with Gasteiger partial charge in [-0.2, -0.15) is 0 Å². The first-order chi connectivity index (χ1) is 12.1. The first-order valence-corrected chi connectivity index (χ1v) is 9.15. The highest BCUT2D eigenvalue weighted by Crippen LogP contribution is 2.15. The van der Waals surface area contributed by atoms with Crippen LogP contribution in [0.3, 0.4) is 0 Å². The second-order valence-corrected chi connectivity index (χ2v) is 6.52. The molecule has 0 radical (unpaired) electrons. The molecule has 1 amide bonds. The number of amides is 1. The molecule has 0 spiro atoms. The summed E-state index contributed by atoms with van der Waals surface area (Å²) >= 11 is 0. The van der Waals surface area contributed by atoms with Crippen molar-refractivity contribution < 1.29 is 4.79 Å². The number of nitrogens with one attached hydrogen (secondary N) is 1. The van der Waals surface area contributed by atoms with E-state index in [-0.39, 0.29) is 12.5 Å². The van der Waals surface area contributed by atoms with Gasteiger partial charge in [-0.3, -0.25) is 4.79 Å². The van der Waals surface area contributed by atoms with Crippen LogP contribution in [0.15, 0.2) is 35.3 Å². The van der Waals surface area contributed by atoms with E-state index in [1.165, 1.54) is 5.69 Å². The number of likely N-dealkylation sites (N-methyl/N-ethyl adjacent to an activating group) is 1. The minimum Gasteiger partial charge on any atom is -0.368 e. The average molecular weight is 345 g/mol. The topological polar surface area (TPSA) is 51.2 Å². The van der Waals surface area contributed by atoms with Gasteiger partial charge in [-0.25, -0.2) is 4.99 Å². The molecule has 1 N–H and O–H groups in total. The van der Waals surface area contributed by atoms with Crippen LogP contribution in [0.25, 0.3) is 0 Å². The van der Waals surface area contributed by atoms with E-state index in [0.717, 1.165) is 51.5 Å². The van der Waals surface area contributed by atoms with Crippen molar-refractivity contribution in [2.24, 2.45) is 4.99 Å². The van der Waals surface area contributed by atoms with Gasteiger partial charge < -0.3 is 20.0 Å². The molecule has 138 valence electrons. The molecule has 0 aliphatic carbocycles. The maximum atomic E-state index is 11.9. The summed E-state index contributed by atoms with van der Waals surface area (Å²) in [6.45, 7) is 6.99. The van der Waals surface area contributed by atoms with Crippen LogP contribution in [0.4, 0.5) is 5.69 Å². The number of benzene rings is 1. The molecule has 1 aliphatic rings. The highest BCUT2D eigenvalue weighted by molar-refractivity contribution is 5.85. The van der Waals surface area contributed by atoms with Gasteiger partial charge in [0.15, 0.2) is 5.96 Å². The fourth-order valence-electron chi connectivity index (χ4n) is 2.74. The van der Waals surface area contributed by atoms with Gasteiger partial charge in [0.1, 0.15) is 6.54 Å². The van der Waals surface area contributed by atoms with Gasteiger partial charge in [-0.15, -0.1) is 0 Å². The molecular weight excluding hydrogens is 314 g/mol. The summed E-state index contributed by atoms with van der Waals surface area (Å²) in [5.41, 5.74) is 1.27. The summed E-state index contributed by atoms with van der Waals surface area (Å²) in [4.78, 5) is 22.7. The number of nitrogens with zero attached hydrogens (tertiary/aromatic N) is 4. The fourth-order valence-corrected chi connectivity index (χ4v) is 2.74. The van der Waals surface area contributed by atoms with Gasteiger partial charge in [-0.1, -0.05) is 31.5 Å². The van der Waals surface area contributed by atoms with E-state index in [2.05, 4.69) is 51.3 Å². The van der Waals surface area contributed by atoms with Gasteiger partial charge >= 0.3 is 0 Å². The number of carbonyl (C=O) groups is 1. The Kier molecular flexibility index (Phi) is 7.57. The third kappa shape index (κ3) is 5.96. The van der Waals surface area contributed by atoms with Crippen molar-refractivity contribution in [3.63, 3.8) is 0 Å². The molecular formula is C19H31N5O. The monoisotopic (exact) mass is 345 g/mol. The Morgan fingerprint density at radius 2 is 1.84 bits per heavy atom. The third-order valence-electron chi connectivity index (χ3n) is 4.38. The zero-order chi connectivity index (χ0) is 18.1. The van der Waals surface area contributed by atoms with Gasteiger partial charge in [0, 0.05) is 52.5 Å². The van der Waals surface area contributed by atoms with Gasteiger partial charge in [0.25, 0.3) is 0 Å². The maximum Gasteiger partial charge on any atom is 0.243 e. The lowest BCUT2D eigenvalue weighted by atomic mass is 10.2. The number of piperazine rings is 1. The molecule has 6 heteroatoms. The van der Waals surface area contributed by atoms with Crippen molar-refractivity contribution in [3.05, 3.63) is 30.3 Å². The summed E-state index contributed by atoms with van der Waals surface area (Å²) in [6.07, 6.45) is 2.24. The van der Waals surface area contributed by atoms with E-state index in [9.17, 15) is 4.79 Å². The predicted octanol–water partition coefficient (Wildman–Crippen LogP) is 1.64. The van der Waals surface area contributed by atoms with Gasteiger partial charge in [0.05, 0.1) is 0 Å². The van der Waals surface area contributed by atoms with Crippen LogP contribution < -0.4 is 10.2 Å². The summed E-state index contributed by atoms with van der Waals surface area (Å²) in [7, 11) is 3.53. The van der Waals surface area contributed by atoms with Crippen molar-refractivity contribution in [1.82, 2.24) is 15.1 Å². The van der Waals surface area contributed by atoms with Crippen molar-refractivity contribution >= 4 is 17.6 Å². The third-order valence-corrected chi connectivity index (χ3v) is 4.38. The Morgan fingerprint density at radius 3 is 2.44 bits per heavy atom. The van der Waals surface area contributed by atoms with E-state index in [1.54, 1.807) is 19.0 Å². The van der Waals surface area contributed by atoms with Crippen molar-refractivity contribution in [3.8, 4) is 0 Å². The van der Waals surface area contributed by atoms with E-state index >= 15 is 0 Å². The Labute approximate surface area is 151 Å². The lowest BCUT2D eigenvalue weighted by Gasteiger charge is -2.37. The van der Waals surface area contributed by atoms with Crippen molar-refractivity contribution in [2.75, 3.05) is 58.3 Å². The van der Waals surface area contributed by atoms with Gasteiger partial charge in [0.2, 0.25) is 5.91 Å². The van der Waals surface area contributed by atoms with E-state index in [0.29, 0.717) is 0 Å². The van der Waals surface area contributed by atoms with E-state index < -0.39 is 0 Å². The molecule has 1 aromatic rings. The molecule has 25 heavy (non-hydrogen) atoms. The second-order valence-electron chi connectivity index (χ2n) is 6.52. The first kappa shape index (κ1) is 19.1. The lowest BCUT2D eigenvalue weighted by Crippen LogP contribution is -2.53. The molecule has 1 fully saturated rings. The largest absolute Gasteiger partial charge is 0.368 e. The Bertz CT molecular complexity index is 550. The van der Waals surface area contributed by atoms with Gasteiger partial charge in [-0.05, 0) is 18.6 Å². The molecule has 2 rings (SSSR count). The number of carbonyl (C=O) groups excluding carboxylic acids is 1. The number of para-hydroxylation sites is 1. The molecule has 1 heterocycles. The summed E-state index contributed by atoms with van der Waals surface area (Å²) in [5.74, 6) is 0.883. The highest BCUT2D eigenvalue weighted by Gasteiger charge is 2.20. The van der Waals surface area contributed by atoms with Crippen LogP contribution in [0.1, 0.15) is 19.8 Å². The van der Waals surface area contributed by atoms with Crippen LogP contribution in [0, 0.1) is 0 Å². The van der Waals surface area contributed by atoms with E-state index in [4.69, 9.17) is 0 Å². The quantitative estimate of drug-likeness (QED) is 0.484. The number of hydrogen-bond donors (Lipinski definition) is 1. The van der Waals surface area contributed by atoms with Crippen LogP contribution in [-0.4, -0.2) is 75.0 Å². The number of aliphatic imine (C=N–C) groups is 1. The molecule has 1 aliphatic heterocycles. The number of unbranched alkanes of at least 4 members (excludes halogenated alkanes) is 1. The summed E-state index contributed by atoms with van der Waals surface area (Å²) in [6, 6.07) is 10.5. The normalized spacial score (nSPS) is 15.2. The van der Waals surface area contributed by atoms with Crippen LogP contribution >= 0.6 is 0 Å². The molecule has 0 atom stereocenters. The van der Waals surface area contributed by atoms with E-state index in [1.807, 2.05) is 6.07 Å². The molecule has 0 bridgehead atoms. The number of anilines is 1. The standard InChI is InChI=1S/C19H31N5O/c1-4-5-11-20-19(21-16-18(25)22(2)3)24-14-12-23(13-15-24)17-9-7-6-8-10-17/h6-10H,4-5,11-16H2,1-3H3,(H,20,21). The zero-order valence-corrected chi connectivity index (χ0v) is 15.7. The minimum absolute atomic E-state index is 0.0257. The Hall–Kier alpha value is -2.24. The fraction of sp³-hybridized carbons (Fsp3) is 0.579. The van der Waals surface area contributed by atoms with Crippen molar-refractivity contribution in [2.45, 2.75) is 19.8 Å². The van der Waals surface area contributed by atoms with Crippen LogP contribution in [0.2, 0.25) is 0 Å². The van der Waals surface area contributed by atoms with Crippen LogP contribution in [-0.2, 0) is 4.79 Å². The lowest BCUT2D eigenvalue weighted by molar-refractivity contribution is -0.127. The van der Waals surface area contributed by atoms with Crippen molar-refractivity contribution in [1.29, 1.82) is 0 Å². The molecule has 1 saturated heterocycles. The molecule has 0 saturated carbocycles. The highest BCUT2D eigenvalue weighted by atomic mass is 16.2. The minimum atomic E-state index is 0.0257. The predicted molar refractivity (Wildman–Crippen MR) is 104 cm³/mol. The Morgan fingerprint density at radius 1 is 1.16 bits per heavy atom. The average Bonchev–Trinajstić information content (AvgIpc) is 2.65. The number of hydrogen-bond acceptors (Lipinski definition) is 3. The maximum absolute atomic E-state index is 11.9. The zero-order valence-electron chi connectivity index (χ0n) is 15.7.